The Morgan fingerprint density at radius 2 is 2.16 bits per heavy atom. The molecule has 1 unspecified atom stereocenters. The average molecular weight is 257 g/mol. The molecule has 3 N–H and O–H groups in total. The minimum atomic E-state index is -0.423. The summed E-state index contributed by atoms with van der Waals surface area (Å²) in [6.45, 7) is 2.48. The quantitative estimate of drug-likeness (QED) is 0.860. The van der Waals surface area contributed by atoms with Gasteiger partial charge in [-0.25, -0.2) is 0 Å². The lowest BCUT2D eigenvalue weighted by molar-refractivity contribution is -0.122. The van der Waals surface area contributed by atoms with E-state index < -0.39 is 6.04 Å². The smallest absolute Gasteiger partial charge is 0.237 e. The van der Waals surface area contributed by atoms with Crippen LogP contribution >= 0.6 is 0 Å². The number of fused-ring (bicyclic) bond motifs is 1. The molecule has 1 amide bonds. The van der Waals surface area contributed by atoms with Gasteiger partial charge >= 0.3 is 0 Å². The van der Waals surface area contributed by atoms with Crippen molar-refractivity contribution in [1.82, 2.24) is 10.3 Å². The summed E-state index contributed by atoms with van der Waals surface area (Å²) in [5.41, 5.74) is 7.71. The van der Waals surface area contributed by atoms with Gasteiger partial charge in [-0.05, 0) is 18.1 Å². The van der Waals surface area contributed by atoms with Crippen LogP contribution in [0.3, 0.4) is 0 Å². The fraction of sp³-hybridized carbons (Fsp3) is 0.333. The number of carbonyl (C=O) groups is 1. The molecule has 0 aliphatic carbocycles. The van der Waals surface area contributed by atoms with Crippen molar-refractivity contribution in [2.45, 2.75) is 32.4 Å². The largest absolute Gasteiger partial charge is 0.351 e. The second-order valence-corrected chi connectivity index (χ2v) is 4.61. The maximum atomic E-state index is 11.8. The Kier molecular flexibility index (Phi) is 4.47. The first kappa shape index (κ1) is 13.5. The van der Waals surface area contributed by atoms with E-state index in [0.29, 0.717) is 13.0 Å². The highest BCUT2D eigenvalue weighted by Gasteiger charge is 2.12. The molecule has 2 aromatic rings. The van der Waals surface area contributed by atoms with Crippen LogP contribution in [0.25, 0.3) is 10.9 Å². The Morgan fingerprint density at radius 1 is 1.37 bits per heavy atom. The number of hydrogen-bond donors (Lipinski definition) is 2. The SMILES string of the molecule is CCCC(N)C(=O)NCc1cccc2cccnc12. The van der Waals surface area contributed by atoms with Crippen LogP contribution in [0.15, 0.2) is 36.5 Å². The van der Waals surface area contributed by atoms with E-state index in [1.807, 2.05) is 37.3 Å². The van der Waals surface area contributed by atoms with E-state index >= 15 is 0 Å². The lowest BCUT2D eigenvalue weighted by Gasteiger charge is -2.12. The van der Waals surface area contributed by atoms with E-state index in [9.17, 15) is 4.79 Å². The number of nitrogens with two attached hydrogens (primary N) is 1. The minimum absolute atomic E-state index is 0.102. The van der Waals surface area contributed by atoms with Gasteiger partial charge in [-0.15, -0.1) is 0 Å². The summed E-state index contributed by atoms with van der Waals surface area (Å²) in [5, 5.41) is 3.95. The second kappa shape index (κ2) is 6.29. The van der Waals surface area contributed by atoms with Crippen molar-refractivity contribution < 1.29 is 4.79 Å². The van der Waals surface area contributed by atoms with Gasteiger partial charge in [-0.3, -0.25) is 9.78 Å². The Morgan fingerprint density at radius 3 is 2.95 bits per heavy atom. The highest BCUT2D eigenvalue weighted by Crippen LogP contribution is 2.15. The lowest BCUT2D eigenvalue weighted by atomic mass is 10.1. The predicted octanol–water partition coefficient (Wildman–Crippen LogP) is 1.98. The number of aromatic nitrogens is 1. The number of amides is 1. The molecule has 2 rings (SSSR count). The average Bonchev–Trinajstić information content (AvgIpc) is 2.45. The van der Waals surface area contributed by atoms with Crippen molar-refractivity contribution in [3.8, 4) is 0 Å². The number of rotatable bonds is 5. The van der Waals surface area contributed by atoms with Crippen LogP contribution in [-0.4, -0.2) is 16.9 Å². The van der Waals surface area contributed by atoms with Gasteiger partial charge in [0, 0.05) is 18.1 Å². The van der Waals surface area contributed by atoms with E-state index in [4.69, 9.17) is 5.73 Å². The number of carbonyl (C=O) groups excluding carboxylic acids is 1. The molecule has 1 aromatic heterocycles. The fourth-order valence-electron chi connectivity index (χ4n) is 2.07. The first-order valence-electron chi connectivity index (χ1n) is 6.58. The van der Waals surface area contributed by atoms with E-state index in [1.165, 1.54) is 0 Å². The van der Waals surface area contributed by atoms with Gasteiger partial charge in [-0.1, -0.05) is 37.6 Å². The van der Waals surface area contributed by atoms with Crippen molar-refractivity contribution in [2.75, 3.05) is 0 Å². The van der Waals surface area contributed by atoms with Gasteiger partial charge in [0.25, 0.3) is 0 Å². The van der Waals surface area contributed by atoms with Crippen LogP contribution < -0.4 is 11.1 Å². The highest BCUT2D eigenvalue weighted by atomic mass is 16.2. The zero-order chi connectivity index (χ0) is 13.7. The normalized spacial score (nSPS) is 12.3. The molecule has 0 aliphatic rings. The number of para-hydroxylation sites is 1. The van der Waals surface area contributed by atoms with Crippen molar-refractivity contribution in [2.24, 2.45) is 5.73 Å². The third-order valence-corrected chi connectivity index (χ3v) is 3.11. The summed E-state index contributed by atoms with van der Waals surface area (Å²) in [6.07, 6.45) is 3.38. The Bertz CT molecular complexity index is 563. The molecule has 0 spiro atoms. The highest BCUT2D eigenvalue weighted by molar-refractivity contribution is 5.84. The van der Waals surface area contributed by atoms with Crippen LogP contribution in [0, 0.1) is 0 Å². The topological polar surface area (TPSA) is 68.0 Å². The molecule has 1 heterocycles. The van der Waals surface area contributed by atoms with E-state index in [2.05, 4.69) is 10.3 Å². The molecule has 1 atom stereocenters. The first-order chi connectivity index (χ1) is 9.22. The van der Waals surface area contributed by atoms with Crippen LogP contribution in [-0.2, 0) is 11.3 Å². The molecule has 0 fully saturated rings. The zero-order valence-corrected chi connectivity index (χ0v) is 11.1. The summed E-state index contributed by atoms with van der Waals surface area (Å²) in [4.78, 5) is 16.1. The van der Waals surface area contributed by atoms with Crippen molar-refractivity contribution in [3.05, 3.63) is 42.1 Å². The monoisotopic (exact) mass is 257 g/mol. The minimum Gasteiger partial charge on any atom is -0.351 e. The van der Waals surface area contributed by atoms with Crippen LogP contribution in [0.5, 0.6) is 0 Å². The lowest BCUT2D eigenvalue weighted by Crippen LogP contribution is -2.40. The van der Waals surface area contributed by atoms with Gasteiger partial charge < -0.3 is 11.1 Å². The number of pyridine rings is 1. The van der Waals surface area contributed by atoms with Gasteiger partial charge in [0.05, 0.1) is 11.6 Å². The molecule has 4 heteroatoms. The molecular formula is C15H19N3O. The van der Waals surface area contributed by atoms with Gasteiger partial charge in [0.15, 0.2) is 0 Å². The molecule has 0 saturated carbocycles. The third-order valence-electron chi connectivity index (χ3n) is 3.11. The van der Waals surface area contributed by atoms with Crippen molar-refractivity contribution in [3.63, 3.8) is 0 Å². The first-order valence-corrected chi connectivity index (χ1v) is 6.58. The molecule has 0 bridgehead atoms. The summed E-state index contributed by atoms with van der Waals surface area (Å²) < 4.78 is 0. The van der Waals surface area contributed by atoms with Gasteiger partial charge in [-0.2, -0.15) is 0 Å². The third kappa shape index (κ3) is 3.29. The fourth-order valence-corrected chi connectivity index (χ4v) is 2.07. The summed E-state index contributed by atoms with van der Waals surface area (Å²) in [6, 6.07) is 9.45. The number of nitrogens with zero attached hydrogens (tertiary/aromatic N) is 1. The van der Waals surface area contributed by atoms with E-state index in [0.717, 1.165) is 22.9 Å². The van der Waals surface area contributed by atoms with Crippen LogP contribution in [0.2, 0.25) is 0 Å². The van der Waals surface area contributed by atoms with E-state index in [-0.39, 0.29) is 5.91 Å². The zero-order valence-electron chi connectivity index (χ0n) is 11.1. The van der Waals surface area contributed by atoms with E-state index in [1.54, 1.807) is 6.20 Å². The molecular weight excluding hydrogens is 238 g/mol. The standard InChI is InChI=1S/C15H19N3O/c1-2-5-13(16)15(19)18-10-12-7-3-6-11-8-4-9-17-14(11)12/h3-4,6-9,13H,2,5,10,16H2,1H3,(H,18,19). The van der Waals surface area contributed by atoms with Gasteiger partial charge in [0.1, 0.15) is 0 Å². The Labute approximate surface area is 113 Å². The Hall–Kier alpha value is -1.94. The molecule has 19 heavy (non-hydrogen) atoms. The Balaban J connectivity index is 2.08. The van der Waals surface area contributed by atoms with Crippen LogP contribution in [0.4, 0.5) is 0 Å². The van der Waals surface area contributed by atoms with Gasteiger partial charge in [0.2, 0.25) is 5.91 Å². The molecule has 0 radical (unpaired) electrons. The summed E-state index contributed by atoms with van der Waals surface area (Å²) >= 11 is 0. The summed E-state index contributed by atoms with van der Waals surface area (Å²) in [5.74, 6) is -0.102. The predicted molar refractivity (Wildman–Crippen MR) is 76.5 cm³/mol. The number of hydrogen-bond acceptors (Lipinski definition) is 3. The maximum Gasteiger partial charge on any atom is 0.237 e. The van der Waals surface area contributed by atoms with Crippen molar-refractivity contribution in [1.29, 1.82) is 0 Å². The number of nitrogens with one attached hydrogen (secondary N) is 1. The van der Waals surface area contributed by atoms with Crippen LogP contribution in [0.1, 0.15) is 25.3 Å². The molecule has 0 saturated heterocycles. The molecule has 4 nitrogen and oxygen atoms in total. The second-order valence-electron chi connectivity index (χ2n) is 4.61. The number of benzene rings is 1. The maximum absolute atomic E-state index is 11.8. The molecule has 100 valence electrons. The van der Waals surface area contributed by atoms with Crippen molar-refractivity contribution >= 4 is 16.8 Å². The molecule has 1 aromatic carbocycles. The molecule has 0 aliphatic heterocycles. The summed E-state index contributed by atoms with van der Waals surface area (Å²) in [7, 11) is 0.